The fraction of sp³-hybridized carbons (Fsp3) is 0.133. The highest BCUT2D eigenvalue weighted by atomic mass is 35.5. The highest BCUT2D eigenvalue weighted by Gasteiger charge is 2.09. The maximum absolute atomic E-state index is 13.9. The van der Waals surface area contributed by atoms with Crippen molar-refractivity contribution in [1.29, 1.82) is 5.26 Å². The summed E-state index contributed by atoms with van der Waals surface area (Å²) >= 11 is 5.89. The van der Waals surface area contributed by atoms with Crippen LogP contribution in [0.4, 0.5) is 4.39 Å². The number of hydrogen-bond donors (Lipinski definition) is 0. The first-order valence-corrected chi connectivity index (χ1v) is 6.17. The van der Waals surface area contributed by atoms with E-state index in [4.69, 9.17) is 26.3 Å². The minimum absolute atomic E-state index is 0.0469. The lowest BCUT2D eigenvalue weighted by molar-refractivity contribution is 0.295. The van der Waals surface area contributed by atoms with Crippen LogP contribution in [0.1, 0.15) is 11.1 Å². The van der Waals surface area contributed by atoms with E-state index >= 15 is 0 Å². The van der Waals surface area contributed by atoms with Gasteiger partial charge in [0.2, 0.25) is 0 Å². The largest absolute Gasteiger partial charge is 0.494 e. The maximum Gasteiger partial charge on any atom is 0.171 e. The Bertz CT molecular complexity index is 667. The van der Waals surface area contributed by atoms with Gasteiger partial charge in [0.1, 0.15) is 18.4 Å². The molecule has 0 spiro atoms. The quantitative estimate of drug-likeness (QED) is 0.857. The molecule has 0 amide bonds. The molecular weight excluding hydrogens is 281 g/mol. The van der Waals surface area contributed by atoms with Gasteiger partial charge in [0.05, 0.1) is 17.7 Å². The Balaban J connectivity index is 2.13. The molecule has 2 aromatic rings. The van der Waals surface area contributed by atoms with Gasteiger partial charge >= 0.3 is 0 Å². The summed E-state index contributed by atoms with van der Waals surface area (Å²) in [6.45, 7) is 0.0469. The number of ether oxygens (including phenoxy) is 2. The van der Waals surface area contributed by atoms with E-state index < -0.39 is 5.82 Å². The Morgan fingerprint density at radius 2 is 2.10 bits per heavy atom. The Labute approximate surface area is 121 Å². The number of methoxy groups -OCH3 is 1. The minimum Gasteiger partial charge on any atom is -0.494 e. The van der Waals surface area contributed by atoms with Gasteiger partial charge in [-0.3, -0.25) is 0 Å². The van der Waals surface area contributed by atoms with Crippen molar-refractivity contribution < 1.29 is 13.9 Å². The number of rotatable bonds is 4. The highest BCUT2D eigenvalue weighted by Crippen LogP contribution is 2.24. The summed E-state index contributed by atoms with van der Waals surface area (Å²) in [6.07, 6.45) is 0. The van der Waals surface area contributed by atoms with Crippen LogP contribution in [0.15, 0.2) is 36.4 Å². The summed E-state index contributed by atoms with van der Waals surface area (Å²) in [4.78, 5) is 0. The molecular formula is C15H11ClFNO2. The van der Waals surface area contributed by atoms with Crippen LogP contribution in [0.3, 0.4) is 0 Å². The first-order valence-electron chi connectivity index (χ1n) is 5.79. The zero-order valence-corrected chi connectivity index (χ0v) is 11.4. The van der Waals surface area contributed by atoms with Crippen molar-refractivity contribution in [3.05, 3.63) is 58.4 Å². The normalized spacial score (nSPS) is 9.90. The van der Waals surface area contributed by atoms with Crippen molar-refractivity contribution in [3.63, 3.8) is 0 Å². The molecule has 0 aromatic heterocycles. The van der Waals surface area contributed by atoms with Crippen LogP contribution in [-0.2, 0) is 6.61 Å². The van der Waals surface area contributed by atoms with E-state index in [0.717, 1.165) is 0 Å². The summed E-state index contributed by atoms with van der Waals surface area (Å²) in [5.74, 6) is 0.190. The summed E-state index contributed by atoms with van der Waals surface area (Å²) in [6, 6.07) is 11.5. The van der Waals surface area contributed by atoms with Crippen LogP contribution >= 0.6 is 11.6 Å². The van der Waals surface area contributed by atoms with Gasteiger partial charge in [0.25, 0.3) is 0 Å². The molecule has 0 saturated carbocycles. The second-order valence-electron chi connectivity index (χ2n) is 3.98. The van der Waals surface area contributed by atoms with Crippen LogP contribution in [0.2, 0.25) is 5.02 Å². The average Bonchev–Trinajstić information content (AvgIpc) is 2.46. The third-order valence-corrected chi connectivity index (χ3v) is 3.03. The molecule has 0 unspecified atom stereocenters. The van der Waals surface area contributed by atoms with Gasteiger partial charge in [-0.05, 0) is 18.2 Å². The van der Waals surface area contributed by atoms with E-state index in [1.807, 2.05) is 6.07 Å². The second kappa shape index (κ2) is 6.27. The average molecular weight is 292 g/mol. The zero-order valence-electron chi connectivity index (χ0n) is 10.7. The molecule has 2 rings (SSSR count). The van der Waals surface area contributed by atoms with E-state index in [-0.39, 0.29) is 12.4 Å². The fourth-order valence-corrected chi connectivity index (χ4v) is 1.88. The minimum atomic E-state index is -0.449. The molecule has 0 atom stereocenters. The van der Waals surface area contributed by atoms with Crippen molar-refractivity contribution in [1.82, 2.24) is 0 Å². The molecule has 20 heavy (non-hydrogen) atoms. The number of nitriles is 1. The van der Waals surface area contributed by atoms with Crippen LogP contribution in [0.25, 0.3) is 0 Å². The van der Waals surface area contributed by atoms with E-state index in [2.05, 4.69) is 0 Å². The number of nitrogens with zero attached hydrogens (tertiary/aromatic N) is 1. The molecule has 0 N–H and O–H groups in total. The predicted octanol–water partition coefficient (Wildman–Crippen LogP) is 3.94. The van der Waals surface area contributed by atoms with Gasteiger partial charge in [-0.25, -0.2) is 4.39 Å². The van der Waals surface area contributed by atoms with Crippen LogP contribution < -0.4 is 9.47 Å². The molecule has 5 heteroatoms. The molecule has 3 nitrogen and oxygen atoms in total. The van der Waals surface area contributed by atoms with Crippen LogP contribution in [0, 0.1) is 17.1 Å². The Morgan fingerprint density at radius 1 is 1.30 bits per heavy atom. The molecule has 0 bridgehead atoms. The van der Waals surface area contributed by atoms with E-state index in [1.54, 1.807) is 24.3 Å². The van der Waals surface area contributed by atoms with Crippen molar-refractivity contribution in [3.8, 4) is 17.6 Å². The molecule has 0 fully saturated rings. The first kappa shape index (κ1) is 14.2. The van der Waals surface area contributed by atoms with E-state index in [1.165, 1.54) is 19.2 Å². The zero-order chi connectivity index (χ0) is 14.5. The standard InChI is InChI=1S/C15H11ClFNO2/c1-19-14-4-2-3-11(15(14)17)9-20-12-6-5-10(8-18)13(16)7-12/h2-7H,9H2,1H3. The Morgan fingerprint density at radius 3 is 2.75 bits per heavy atom. The fourth-order valence-electron chi connectivity index (χ4n) is 1.66. The molecule has 2 aromatic carbocycles. The third kappa shape index (κ3) is 3.01. The highest BCUT2D eigenvalue weighted by molar-refractivity contribution is 6.31. The summed E-state index contributed by atoms with van der Waals surface area (Å²) in [5.41, 5.74) is 0.747. The van der Waals surface area contributed by atoms with Gasteiger partial charge in [-0.1, -0.05) is 23.7 Å². The van der Waals surface area contributed by atoms with Gasteiger partial charge < -0.3 is 9.47 Å². The number of hydrogen-bond acceptors (Lipinski definition) is 3. The first-order chi connectivity index (χ1) is 9.65. The third-order valence-electron chi connectivity index (χ3n) is 2.72. The lowest BCUT2D eigenvalue weighted by Crippen LogP contribution is -2.00. The van der Waals surface area contributed by atoms with Gasteiger partial charge in [-0.2, -0.15) is 5.26 Å². The summed E-state index contributed by atoms with van der Waals surface area (Å²) in [5, 5.41) is 9.07. The molecule has 0 radical (unpaired) electrons. The molecule has 0 saturated heterocycles. The van der Waals surface area contributed by atoms with Crippen molar-refractivity contribution >= 4 is 11.6 Å². The molecule has 0 aliphatic heterocycles. The molecule has 0 aliphatic carbocycles. The lowest BCUT2D eigenvalue weighted by Gasteiger charge is -2.09. The molecule has 0 heterocycles. The lowest BCUT2D eigenvalue weighted by atomic mass is 10.2. The monoisotopic (exact) mass is 291 g/mol. The summed E-state index contributed by atoms with van der Waals surface area (Å²) in [7, 11) is 1.41. The number of halogens is 2. The van der Waals surface area contributed by atoms with Crippen molar-refractivity contribution in [2.45, 2.75) is 6.61 Å². The van der Waals surface area contributed by atoms with Crippen LogP contribution in [0.5, 0.6) is 11.5 Å². The number of benzene rings is 2. The van der Waals surface area contributed by atoms with Gasteiger partial charge in [0, 0.05) is 11.6 Å². The van der Waals surface area contributed by atoms with Gasteiger partial charge in [0.15, 0.2) is 11.6 Å². The SMILES string of the molecule is COc1cccc(COc2ccc(C#N)c(Cl)c2)c1F. The Hall–Kier alpha value is -2.25. The van der Waals surface area contributed by atoms with Gasteiger partial charge in [-0.15, -0.1) is 0 Å². The second-order valence-corrected chi connectivity index (χ2v) is 4.38. The van der Waals surface area contributed by atoms with E-state index in [9.17, 15) is 4.39 Å². The topological polar surface area (TPSA) is 42.2 Å². The maximum atomic E-state index is 13.9. The van der Waals surface area contributed by atoms with Crippen LogP contribution in [-0.4, -0.2) is 7.11 Å². The predicted molar refractivity (Wildman–Crippen MR) is 73.5 cm³/mol. The smallest absolute Gasteiger partial charge is 0.171 e. The molecule has 102 valence electrons. The van der Waals surface area contributed by atoms with E-state index in [0.29, 0.717) is 21.9 Å². The van der Waals surface area contributed by atoms with Crippen molar-refractivity contribution in [2.24, 2.45) is 0 Å². The molecule has 0 aliphatic rings. The summed E-state index contributed by atoms with van der Waals surface area (Å²) < 4.78 is 24.3. The van der Waals surface area contributed by atoms with Crippen molar-refractivity contribution in [2.75, 3.05) is 7.11 Å². The Kier molecular flexibility index (Phi) is 4.44.